The number of aromatic nitrogens is 6. The van der Waals surface area contributed by atoms with E-state index in [1.54, 1.807) is 10.6 Å². The summed E-state index contributed by atoms with van der Waals surface area (Å²) in [5, 5.41) is 15.1. The number of tetrazole rings is 1. The largest absolute Gasteiger partial charge is 0.268 e. The smallest absolute Gasteiger partial charge is 0.266 e. The number of H-pyrrole nitrogens is 1. The Morgan fingerprint density at radius 1 is 1.12 bits per heavy atom. The van der Waals surface area contributed by atoms with E-state index in [9.17, 15) is 4.79 Å². The van der Waals surface area contributed by atoms with Crippen molar-refractivity contribution >= 4 is 22.7 Å². The maximum atomic E-state index is 13.1. The molecule has 1 N–H and O–H groups in total. The van der Waals surface area contributed by atoms with E-state index < -0.39 is 0 Å². The molecular formula is C17H14N6OS. The van der Waals surface area contributed by atoms with Crippen LogP contribution in [0.15, 0.2) is 58.5 Å². The molecular weight excluding hydrogens is 336 g/mol. The molecule has 0 aliphatic heterocycles. The van der Waals surface area contributed by atoms with E-state index in [2.05, 4.69) is 25.6 Å². The SMILES string of the molecule is Cc1ccc(-n2c(SCc3nn[nH]n3)nc3ccccc3c2=O)cc1. The highest BCUT2D eigenvalue weighted by molar-refractivity contribution is 7.98. The summed E-state index contributed by atoms with van der Waals surface area (Å²) in [5.41, 5.74) is 2.49. The zero-order valence-electron chi connectivity index (χ0n) is 13.4. The quantitative estimate of drug-likeness (QED) is 0.449. The summed E-state index contributed by atoms with van der Waals surface area (Å²) in [6, 6.07) is 15.2. The molecule has 0 fully saturated rings. The van der Waals surface area contributed by atoms with E-state index in [0.717, 1.165) is 11.3 Å². The van der Waals surface area contributed by atoms with Gasteiger partial charge in [-0.2, -0.15) is 5.21 Å². The maximum Gasteiger partial charge on any atom is 0.266 e. The second-order valence-corrected chi connectivity index (χ2v) is 6.45. The van der Waals surface area contributed by atoms with Crippen LogP contribution in [0.3, 0.4) is 0 Å². The van der Waals surface area contributed by atoms with Crippen molar-refractivity contribution < 1.29 is 0 Å². The van der Waals surface area contributed by atoms with Crippen LogP contribution in [0.4, 0.5) is 0 Å². The highest BCUT2D eigenvalue weighted by Crippen LogP contribution is 2.23. The van der Waals surface area contributed by atoms with Gasteiger partial charge in [-0.3, -0.25) is 9.36 Å². The van der Waals surface area contributed by atoms with Gasteiger partial charge >= 0.3 is 0 Å². The van der Waals surface area contributed by atoms with Crippen molar-refractivity contribution in [2.45, 2.75) is 17.8 Å². The lowest BCUT2D eigenvalue weighted by Crippen LogP contribution is -2.21. The van der Waals surface area contributed by atoms with Gasteiger partial charge in [0.2, 0.25) is 0 Å². The Bertz CT molecular complexity index is 1070. The third-order valence-electron chi connectivity index (χ3n) is 3.76. The number of nitrogens with zero attached hydrogens (tertiary/aromatic N) is 5. The first-order valence-corrected chi connectivity index (χ1v) is 8.65. The van der Waals surface area contributed by atoms with Crippen LogP contribution in [0.2, 0.25) is 0 Å². The molecule has 0 atom stereocenters. The van der Waals surface area contributed by atoms with Crippen molar-refractivity contribution in [3.63, 3.8) is 0 Å². The summed E-state index contributed by atoms with van der Waals surface area (Å²) in [5.74, 6) is 1.02. The standard InChI is InChI=1S/C17H14N6OS/c1-11-6-8-12(9-7-11)23-16(24)13-4-2-3-5-14(13)18-17(23)25-10-15-19-21-22-20-15/h2-9H,10H2,1H3,(H,19,20,21,22). The molecule has 4 rings (SSSR count). The Labute approximate surface area is 147 Å². The Morgan fingerprint density at radius 2 is 1.92 bits per heavy atom. The highest BCUT2D eigenvalue weighted by Gasteiger charge is 2.14. The Hall–Kier alpha value is -3.00. The minimum Gasteiger partial charge on any atom is -0.268 e. The molecule has 0 amide bonds. The van der Waals surface area contributed by atoms with Gasteiger partial charge < -0.3 is 0 Å². The molecule has 4 aromatic rings. The van der Waals surface area contributed by atoms with E-state index in [0.29, 0.717) is 27.6 Å². The molecule has 0 aliphatic rings. The predicted octanol–water partition coefficient (Wildman–Crippen LogP) is 2.50. The Morgan fingerprint density at radius 3 is 2.68 bits per heavy atom. The summed E-state index contributed by atoms with van der Waals surface area (Å²) < 4.78 is 1.63. The van der Waals surface area contributed by atoms with Crippen molar-refractivity contribution in [2.75, 3.05) is 0 Å². The van der Waals surface area contributed by atoms with E-state index in [1.165, 1.54) is 11.8 Å². The lowest BCUT2D eigenvalue weighted by molar-refractivity contribution is 0.818. The first-order valence-electron chi connectivity index (χ1n) is 7.66. The van der Waals surface area contributed by atoms with Crippen LogP contribution in [0.5, 0.6) is 0 Å². The van der Waals surface area contributed by atoms with Crippen molar-refractivity contribution in [1.29, 1.82) is 0 Å². The molecule has 0 radical (unpaired) electrons. The third kappa shape index (κ3) is 3.03. The third-order valence-corrected chi connectivity index (χ3v) is 4.69. The summed E-state index contributed by atoms with van der Waals surface area (Å²) in [7, 11) is 0. The van der Waals surface area contributed by atoms with Gasteiger partial charge in [0.25, 0.3) is 5.56 Å². The topological polar surface area (TPSA) is 89.3 Å². The van der Waals surface area contributed by atoms with Crippen LogP contribution in [-0.4, -0.2) is 30.2 Å². The molecule has 0 unspecified atom stereocenters. The number of aryl methyl sites for hydroxylation is 1. The fourth-order valence-electron chi connectivity index (χ4n) is 2.50. The van der Waals surface area contributed by atoms with Crippen LogP contribution in [0.25, 0.3) is 16.6 Å². The van der Waals surface area contributed by atoms with Crippen molar-refractivity contribution in [3.05, 3.63) is 70.3 Å². The molecule has 7 nitrogen and oxygen atoms in total. The lowest BCUT2D eigenvalue weighted by Gasteiger charge is -2.13. The lowest BCUT2D eigenvalue weighted by atomic mass is 10.2. The van der Waals surface area contributed by atoms with E-state index in [-0.39, 0.29) is 5.56 Å². The second-order valence-electron chi connectivity index (χ2n) is 5.50. The minimum atomic E-state index is -0.0925. The number of aromatic amines is 1. The number of fused-ring (bicyclic) bond motifs is 1. The predicted molar refractivity (Wildman–Crippen MR) is 95.8 cm³/mol. The van der Waals surface area contributed by atoms with Gasteiger partial charge in [0.1, 0.15) is 0 Å². The molecule has 8 heteroatoms. The average Bonchev–Trinajstić information content (AvgIpc) is 3.15. The fourth-order valence-corrected chi connectivity index (χ4v) is 3.36. The van der Waals surface area contributed by atoms with Crippen molar-refractivity contribution in [2.24, 2.45) is 0 Å². The van der Waals surface area contributed by atoms with E-state index in [4.69, 9.17) is 0 Å². The zero-order valence-corrected chi connectivity index (χ0v) is 14.2. The number of rotatable bonds is 4. The highest BCUT2D eigenvalue weighted by atomic mass is 32.2. The molecule has 2 heterocycles. The van der Waals surface area contributed by atoms with E-state index >= 15 is 0 Å². The first-order chi connectivity index (χ1) is 12.2. The number of hydrogen-bond acceptors (Lipinski definition) is 6. The number of thioether (sulfide) groups is 1. The van der Waals surface area contributed by atoms with E-state index in [1.807, 2.05) is 49.4 Å². The average molecular weight is 350 g/mol. The first kappa shape index (κ1) is 15.5. The van der Waals surface area contributed by atoms with Crippen LogP contribution in [0, 0.1) is 6.92 Å². The summed E-state index contributed by atoms with van der Waals surface area (Å²) in [6.45, 7) is 2.01. The number of benzene rings is 2. The molecule has 124 valence electrons. The van der Waals surface area contributed by atoms with Gasteiger partial charge in [-0.15, -0.1) is 10.2 Å². The van der Waals surface area contributed by atoms with Gasteiger partial charge in [0.15, 0.2) is 11.0 Å². The maximum absolute atomic E-state index is 13.1. The zero-order chi connectivity index (χ0) is 17.2. The fraction of sp³-hybridized carbons (Fsp3) is 0.118. The molecule has 0 spiro atoms. The number of nitrogens with one attached hydrogen (secondary N) is 1. The minimum absolute atomic E-state index is 0.0925. The Kier molecular flexibility index (Phi) is 4.02. The summed E-state index contributed by atoms with van der Waals surface area (Å²) in [4.78, 5) is 17.7. The van der Waals surface area contributed by atoms with Crippen LogP contribution < -0.4 is 5.56 Å². The number of para-hydroxylation sites is 1. The molecule has 2 aromatic heterocycles. The number of hydrogen-bond donors (Lipinski definition) is 1. The molecule has 25 heavy (non-hydrogen) atoms. The van der Waals surface area contributed by atoms with Crippen molar-refractivity contribution in [1.82, 2.24) is 30.2 Å². The van der Waals surface area contributed by atoms with Gasteiger partial charge in [-0.1, -0.05) is 46.8 Å². The van der Waals surface area contributed by atoms with Gasteiger partial charge in [0.05, 0.1) is 22.3 Å². The van der Waals surface area contributed by atoms with Crippen molar-refractivity contribution in [3.8, 4) is 5.69 Å². The van der Waals surface area contributed by atoms with Gasteiger partial charge in [-0.25, -0.2) is 4.98 Å². The molecule has 2 aromatic carbocycles. The normalized spacial score (nSPS) is 11.1. The van der Waals surface area contributed by atoms with Crippen LogP contribution in [-0.2, 0) is 5.75 Å². The summed E-state index contributed by atoms with van der Waals surface area (Å²) in [6.07, 6.45) is 0. The molecule has 0 aliphatic carbocycles. The van der Waals surface area contributed by atoms with Gasteiger partial charge in [0, 0.05) is 0 Å². The summed E-state index contributed by atoms with van der Waals surface area (Å²) >= 11 is 1.40. The Balaban J connectivity index is 1.87. The van der Waals surface area contributed by atoms with Crippen LogP contribution >= 0.6 is 11.8 Å². The monoisotopic (exact) mass is 350 g/mol. The van der Waals surface area contributed by atoms with Crippen LogP contribution in [0.1, 0.15) is 11.4 Å². The molecule has 0 saturated carbocycles. The van der Waals surface area contributed by atoms with Gasteiger partial charge in [-0.05, 0) is 31.2 Å². The molecule has 0 bridgehead atoms. The second kappa shape index (κ2) is 6.48. The molecule has 0 saturated heterocycles.